The highest BCUT2D eigenvalue weighted by atomic mass is 16.5. The summed E-state index contributed by atoms with van der Waals surface area (Å²) in [7, 11) is 1.61. The molecule has 3 heterocycles. The molecule has 29 heavy (non-hydrogen) atoms. The molecule has 0 aliphatic rings. The Balaban J connectivity index is 1.68. The van der Waals surface area contributed by atoms with Crippen molar-refractivity contribution in [3.8, 4) is 17.0 Å². The van der Waals surface area contributed by atoms with Crippen molar-refractivity contribution in [3.63, 3.8) is 0 Å². The first kappa shape index (κ1) is 18.7. The van der Waals surface area contributed by atoms with Gasteiger partial charge < -0.3 is 14.6 Å². The van der Waals surface area contributed by atoms with Crippen LogP contribution in [0.1, 0.15) is 28.5 Å². The predicted octanol–water partition coefficient (Wildman–Crippen LogP) is 3.35. The van der Waals surface area contributed by atoms with Gasteiger partial charge in [0.05, 0.1) is 24.3 Å². The molecule has 4 aromatic rings. The maximum atomic E-state index is 13.0. The van der Waals surface area contributed by atoms with Crippen LogP contribution in [-0.2, 0) is 13.1 Å². The summed E-state index contributed by atoms with van der Waals surface area (Å²) in [4.78, 5) is 17.4. The van der Waals surface area contributed by atoms with Crippen LogP contribution in [0, 0.1) is 6.92 Å². The third-order valence-corrected chi connectivity index (χ3v) is 4.65. The van der Waals surface area contributed by atoms with Gasteiger partial charge in [-0.1, -0.05) is 5.16 Å². The molecule has 0 aliphatic carbocycles. The minimum absolute atomic E-state index is 0.220. The van der Waals surface area contributed by atoms with Gasteiger partial charge in [0.1, 0.15) is 11.4 Å². The monoisotopic (exact) mass is 391 g/mol. The molecular formula is C21H21N5O3. The van der Waals surface area contributed by atoms with Crippen molar-refractivity contribution in [1.82, 2.24) is 25.2 Å². The summed E-state index contributed by atoms with van der Waals surface area (Å²) in [6.07, 6.45) is 3.66. The standard InChI is InChI=1S/C21H21N5O3/c1-4-26-12-14(11-23-26)10-22-20(27)17-9-13(2)24-21-18(17)19(25-29-21)15-5-7-16(28-3)8-6-15/h5-9,11-12H,4,10H2,1-3H3,(H,22,27). The quantitative estimate of drug-likeness (QED) is 0.542. The number of carbonyl (C=O) groups excluding carboxylic acids is 1. The summed E-state index contributed by atoms with van der Waals surface area (Å²) in [6.45, 7) is 4.99. The number of nitrogens with one attached hydrogen (secondary N) is 1. The Hall–Kier alpha value is -3.68. The normalized spacial score (nSPS) is 11.0. The third kappa shape index (κ3) is 3.69. The van der Waals surface area contributed by atoms with Crippen molar-refractivity contribution in [3.05, 3.63) is 59.5 Å². The molecule has 0 saturated carbocycles. The van der Waals surface area contributed by atoms with Gasteiger partial charge in [0.2, 0.25) is 0 Å². The number of pyridine rings is 1. The van der Waals surface area contributed by atoms with Crippen molar-refractivity contribution in [2.45, 2.75) is 26.9 Å². The van der Waals surface area contributed by atoms with Crippen LogP contribution in [0.3, 0.4) is 0 Å². The van der Waals surface area contributed by atoms with E-state index in [9.17, 15) is 4.79 Å². The summed E-state index contributed by atoms with van der Waals surface area (Å²) >= 11 is 0. The molecule has 148 valence electrons. The van der Waals surface area contributed by atoms with Crippen LogP contribution < -0.4 is 10.1 Å². The van der Waals surface area contributed by atoms with Gasteiger partial charge >= 0.3 is 0 Å². The second kappa shape index (κ2) is 7.75. The lowest BCUT2D eigenvalue weighted by Gasteiger charge is -2.07. The van der Waals surface area contributed by atoms with Crippen LogP contribution in [0.2, 0.25) is 0 Å². The van der Waals surface area contributed by atoms with E-state index in [1.807, 2.05) is 49.0 Å². The largest absolute Gasteiger partial charge is 0.497 e. The van der Waals surface area contributed by atoms with E-state index in [1.54, 1.807) is 19.4 Å². The van der Waals surface area contributed by atoms with Crippen LogP contribution in [0.25, 0.3) is 22.4 Å². The zero-order valence-corrected chi connectivity index (χ0v) is 16.5. The summed E-state index contributed by atoms with van der Waals surface area (Å²) < 4.78 is 12.5. The van der Waals surface area contributed by atoms with E-state index >= 15 is 0 Å². The van der Waals surface area contributed by atoms with Gasteiger partial charge in [0, 0.05) is 36.1 Å². The minimum Gasteiger partial charge on any atom is -0.497 e. The van der Waals surface area contributed by atoms with Crippen molar-refractivity contribution in [2.75, 3.05) is 7.11 Å². The van der Waals surface area contributed by atoms with Gasteiger partial charge in [0.15, 0.2) is 0 Å². The number of nitrogens with zero attached hydrogens (tertiary/aromatic N) is 4. The highest BCUT2D eigenvalue weighted by Gasteiger charge is 2.21. The van der Waals surface area contributed by atoms with Crippen molar-refractivity contribution in [1.29, 1.82) is 0 Å². The maximum absolute atomic E-state index is 13.0. The van der Waals surface area contributed by atoms with Gasteiger partial charge in [0.25, 0.3) is 11.6 Å². The van der Waals surface area contributed by atoms with Crippen molar-refractivity contribution < 1.29 is 14.1 Å². The molecule has 0 atom stereocenters. The number of benzene rings is 1. The summed E-state index contributed by atoms with van der Waals surface area (Å²) in [5.41, 5.74) is 3.80. The molecule has 8 heteroatoms. The number of aromatic nitrogens is 4. The van der Waals surface area contributed by atoms with E-state index in [1.165, 1.54) is 0 Å². The van der Waals surface area contributed by atoms with E-state index in [2.05, 4.69) is 20.6 Å². The average molecular weight is 391 g/mol. The molecule has 0 saturated heterocycles. The van der Waals surface area contributed by atoms with Crippen molar-refractivity contribution >= 4 is 17.0 Å². The lowest BCUT2D eigenvalue weighted by atomic mass is 10.0. The number of hydrogen-bond donors (Lipinski definition) is 1. The molecule has 8 nitrogen and oxygen atoms in total. The topological polar surface area (TPSA) is 95.1 Å². The molecule has 3 aromatic heterocycles. The Morgan fingerprint density at radius 3 is 2.76 bits per heavy atom. The molecule has 1 N–H and O–H groups in total. The molecule has 4 rings (SSSR count). The number of hydrogen-bond acceptors (Lipinski definition) is 6. The lowest BCUT2D eigenvalue weighted by Crippen LogP contribution is -2.23. The fourth-order valence-corrected chi connectivity index (χ4v) is 3.15. The van der Waals surface area contributed by atoms with E-state index < -0.39 is 0 Å². The number of rotatable bonds is 6. The Morgan fingerprint density at radius 2 is 2.07 bits per heavy atom. The molecule has 0 unspecified atom stereocenters. The smallest absolute Gasteiger partial charge is 0.259 e. The molecule has 0 bridgehead atoms. The summed E-state index contributed by atoms with van der Waals surface area (Å²) in [5.74, 6) is 0.517. The Bertz CT molecular complexity index is 1160. The highest BCUT2D eigenvalue weighted by molar-refractivity contribution is 6.09. The Labute approximate surface area is 167 Å². The van der Waals surface area contributed by atoms with Crippen LogP contribution >= 0.6 is 0 Å². The second-order valence-corrected chi connectivity index (χ2v) is 6.64. The van der Waals surface area contributed by atoms with Crippen molar-refractivity contribution in [2.24, 2.45) is 0 Å². The highest BCUT2D eigenvalue weighted by Crippen LogP contribution is 2.31. The molecule has 0 radical (unpaired) electrons. The number of ether oxygens (including phenoxy) is 1. The SMILES string of the molecule is CCn1cc(CNC(=O)c2cc(C)nc3onc(-c4ccc(OC)cc4)c23)cn1. The summed E-state index contributed by atoms with van der Waals surface area (Å²) in [5, 5.41) is 11.9. The number of fused-ring (bicyclic) bond motifs is 1. The molecule has 0 spiro atoms. The van der Waals surface area contributed by atoms with Crippen LogP contribution in [0.5, 0.6) is 5.75 Å². The molecule has 0 aliphatic heterocycles. The Kier molecular flexibility index (Phi) is 4.99. The third-order valence-electron chi connectivity index (χ3n) is 4.65. The lowest BCUT2D eigenvalue weighted by molar-refractivity contribution is 0.0952. The first-order valence-electron chi connectivity index (χ1n) is 9.30. The van der Waals surface area contributed by atoms with E-state index in [0.29, 0.717) is 34.6 Å². The fourth-order valence-electron chi connectivity index (χ4n) is 3.15. The Morgan fingerprint density at radius 1 is 1.28 bits per heavy atom. The van der Waals surface area contributed by atoms with Gasteiger partial charge in [-0.05, 0) is 44.2 Å². The molecule has 0 fully saturated rings. The predicted molar refractivity (Wildman–Crippen MR) is 108 cm³/mol. The summed E-state index contributed by atoms with van der Waals surface area (Å²) in [6, 6.07) is 9.16. The number of aryl methyl sites for hydroxylation is 2. The zero-order chi connectivity index (χ0) is 20.4. The second-order valence-electron chi connectivity index (χ2n) is 6.64. The van der Waals surface area contributed by atoms with Crippen LogP contribution in [0.15, 0.2) is 47.2 Å². The van der Waals surface area contributed by atoms with Gasteiger partial charge in [-0.3, -0.25) is 9.48 Å². The van der Waals surface area contributed by atoms with E-state index in [0.717, 1.165) is 23.4 Å². The number of amides is 1. The van der Waals surface area contributed by atoms with Gasteiger partial charge in [-0.25, -0.2) is 4.98 Å². The molecule has 1 amide bonds. The van der Waals surface area contributed by atoms with Crippen LogP contribution in [0.4, 0.5) is 0 Å². The minimum atomic E-state index is -0.220. The average Bonchev–Trinajstić information content (AvgIpc) is 3.38. The van der Waals surface area contributed by atoms with E-state index in [4.69, 9.17) is 9.26 Å². The molecular weight excluding hydrogens is 370 g/mol. The fraction of sp³-hybridized carbons (Fsp3) is 0.238. The van der Waals surface area contributed by atoms with Gasteiger partial charge in [-0.15, -0.1) is 0 Å². The number of methoxy groups -OCH3 is 1. The zero-order valence-electron chi connectivity index (χ0n) is 16.5. The van der Waals surface area contributed by atoms with Crippen LogP contribution in [-0.4, -0.2) is 32.9 Å². The van der Waals surface area contributed by atoms with E-state index in [-0.39, 0.29) is 5.91 Å². The molecule has 1 aromatic carbocycles. The number of carbonyl (C=O) groups is 1. The van der Waals surface area contributed by atoms with Gasteiger partial charge in [-0.2, -0.15) is 5.10 Å². The first-order chi connectivity index (χ1) is 14.1. The first-order valence-corrected chi connectivity index (χ1v) is 9.30. The maximum Gasteiger partial charge on any atom is 0.259 e.